The van der Waals surface area contributed by atoms with E-state index in [4.69, 9.17) is 15.6 Å². The fourth-order valence-corrected chi connectivity index (χ4v) is 2.37. The van der Waals surface area contributed by atoms with Crippen molar-refractivity contribution in [2.24, 2.45) is 5.73 Å². The minimum absolute atomic E-state index is 0.0993. The third-order valence-corrected chi connectivity index (χ3v) is 3.37. The standard InChI is InChI=1S/C14H19NO3/c1-9-5-6-11-10(3-2-4-13(11)18-9)12(15)7-8-14(16)17/h2-4,9,12H,5-8,15H2,1H3,(H,16,17). The number of aliphatic carboxylic acids is 1. The summed E-state index contributed by atoms with van der Waals surface area (Å²) in [5.74, 6) is 0.0946. The molecule has 18 heavy (non-hydrogen) atoms. The molecule has 2 atom stereocenters. The van der Waals surface area contributed by atoms with E-state index < -0.39 is 5.97 Å². The average Bonchev–Trinajstić information content (AvgIpc) is 2.34. The maximum absolute atomic E-state index is 10.6. The van der Waals surface area contributed by atoms with Gasteiger partial charge in [-0.05, 0) is 43.4 Å². The third kappa shape index (κ3) is 2.82. The second-order valence-corrected chi connectivity index (χ2v) is 4.83. The summed E-state index contributed by atoms with van der Waals surface area (Å²) in [7, 11) is 0. The summed E-state index contributed by atoms with van der Waals surface area (Å²) in [6, 6.07) is 5.63. The molecular formula is C14H19NO3. The Bertz CT molecular complexity index is 445. The van der Waals surface area contributed by atoms with Crippen LogP contribution in [0.5, 0.6) is 5.75 Å². The Morgan fingerprint density at radius 2 is 2.39 bits per heavy atom. The van der Waals surface area contributed by atoms with E-state index in [0.29, 0.717) is 6.42 Å². The molecule has 2 rings (SSSR count). The van der Waals surface area contributed by atoms with Crippen LogP contribution in [0.4, 0.5) is 0 Å². The molecule has 1 aliphatic rings. The van der Waals surface area contributed by atoms with E-state index in [1.54, 1.807) is 0 Å². The zero-order valence-corrected chi connectivity index (χ0v) is 10.6. The lowest BCUT2D eigenvalue weighted by atomic mass is 9.92. The summed E-state index contributed by atoms with van der Waals surface area (Å²) >= 11 is 0. The molecule has 4 nitrogen and oxygen atoms in total. The fourth-order valence-electron chi connectivity index (χ4n) is 2.37. The van der Waals surface area contributed by atoms with Crippen molar-refractivity contribution in [1.29, 1.82) is 0 Å². The molecule has 0 radical (unpaired) electrons. The zero-order chi connectivity index (χ0) is 13.1. The van der Waals surface area contributed by atoms with E-state index in [2.05, 4.69) is 6.92 Å². The monoisotopic (exact) mass is 249 g/mol. The first kappa shape index (κ1) is 12.9. The second-order valence-electron chi connectivity index (χ2n) is 4.83. The maximum atomic E-state index is 10.6. The first-order chi connectivity index (χ1) is 8.58. The second kappa shape index (κ2) is 5.40. The van der Waals surface area contributed by atoms with Gasteiger partial charge in [-0.3, -0.25) is 4.79 Å². The Morgan fingerprint density at radius 1 is 1.61 bits per heavy atom. The van der Waals surface area contributed by atoms with Gasteiger partial charge in [0.2, 0.25) is 0 Å². The Hall–Kier alpha value is -1.55. The Kier molecular flexibility index (Phi) is 3.87. The Balaban J connectivity index is 2.18. The van der Waals surface area contributed by atoms with Gasteiger partial charge in [0.15, 0.2) is 0 Å². The van der Waals surface area contributed by atoms with Crippen LogP contribution < -0.4 is 10.5 Å². The van der Waals surface area contributed by atoms with Gasteiger partial charge in [0.05, 0.1) is 6.10 Å². The molecule has 1 heterocycles. The number of carboxylic acid groups (broad SMARTS) is 1. The molecule has 4 heteroatoms. The lowest BCUT2D eigenvalue weighted by Gasteiger charge is -2.27. The summed E-state index contributed by atoms with van der Waals surface area (Å²) in [5.41, 5.74) is 8.26. The first-order valence-corrected chi connectivity index (χ1v) is 6.33. The highest BCUT2D eigenvalue weighted by atomic mass is 16.5. The number of nitrogens with two attached hydrogens (primary N) is 1. The molecule has 0 saturated heterocycles. The minimum Gasteiger partial charge on any atom is -0.490 e. The summed E-state index contributed by atoms with van der Waals surface area (Å²) < 4.78 is 5.78. The average molecular weight is 249 g/mol. The number of carboxylic acids is 1. The molecule has 0 bridgehead atoms. The zero-order valence-electron chi connectivity index (χ0n) is 10.6. The number of benzene rings is 1. The SMILES string of the molecule is CC1CCc2c(cccc2C(N)CCC(=O)O)O1. The summed E-state index contributed by atoms with van der Waals surface area (Å²) in [4.78, 5) is 10.6. The molecule has 0 fully saturated rings. The molecule has 2 unspecified atom stereocenters. The fraction of sp³-hybridized carbons (Fsp3) is 0.500. The van der Waals surface area contributed by atoms with Gasteiger partial charge >= 0.3 is 5.97 Å². The van der Waals surface area contributed by atoms with Crippen molar-refractivity contribution in [3.8, 4) is 5.75 Å². The highest BCUT2D eigenvalue weighted by Gasteiger charge is 2.21. The first-order valence-electron chi connectivity index (χ1n) is 6.33. The quantitative estimate of drug-likeness (QED) is 0.858. The number of ether oxygens (including phenoxy) is 1. The van der Waals surface area contributed by atoms with Gasteiger partial charge < -0.3 is 15.6 Å². The van der Waals surface area contributed by atoms with E-state index in [9.17, 15) is 4.79 Å². The molecule has 0 spiro atoms. The van der Waals surface area contributed by atoms with E-state index >= 15 is 0 Å². The lowest BCUT2D eigenvalue weighted by Crippen LogP contribution is -2.22. The van der Waals surface area contributed by atoms with Crippen LogP contribution in [-0.4, -0.2) is 17.2 Å². The minimum atomic E-state index is -0.805. The molecule has 1 aromatic rings. The van der Waals surface area contributed by atoms with E-state index in [1.165, 1.54) is 0 Å². The molecule has 0 aromatic heterocycles. The van der Waals surface area contributed by atoms with E-state index in [0.717, 1.165) is 29.7 Å². The van der Waals surface area contributed by atoms with Gasteiger partial charge in [0.1, 0.15) is 5.75 Å². The normalized spacial score (nSPS) is 19.8. The van der Waals surface area contributed by atoms with Gasteiger partial charge in [-0.2, -0.15) is 0 Å². The van der Waals surface area contributed by atoms with Crippen LogP contribution in [0.15, 0.2) is 18.2 Å². The summed E-state index contributed by atoms with van der Waals surface area (Å²) in [6.45, 7) is 2.06. The van der Waals surface area contributed by atoms with Crippen molar-refractivity contribution in [2.75, 3.05) is 0 Å². The number of carbonyl (C=O) groups is 1. The number of hydrogen-bond acceptors (Lipinski definition) is 3. The van der Waals surface area contributed by atoms with Crippen molar-refractivity contribution in [2.45, 2.75) is 44.8 Å². The predicted octanol–water partition coefficient (Wildman–Crippen LogP) is 2.26. The van der Waals surface area contributed by atoms with Crippen LogP contribution in [0.3, 0.4) is 0 Å². The molecule has 0 amide bonds. The van der Waals surface area contributed by atoms with Crippen LogP contribution in [0.2, 0.25) is 0 Å². The smallest absolute Gasteiger partial charge is 0.303 e. The summed E-state index contributed by atoms with van der Waals surface area (Å²) in [6.07, 6.45) is 2.73. The van der Waals surface area contributed by atoms with Crippen molar-refractivity contribution in [3.05, 3.63) is 29.3 Å². The van der Waals surface area contributed by atoms with Crippen LogP contribution in [0.1, 0.15) is 43.4 Å². The van der Waals surface area contributed by atoms with Gasteiger partial charge in [0.25, 0.3) is 0 Å². The Morgan fingerprint density at radius 3 is 3.11 bits per heavy atom. The van der Waals surface area contributed by atoms with E-state index in [-0.39, 0.29) is 18.6 Å². The molecule has 1 aliphatic heterocycles. The third-order valence-electron chi connectivity index (χ3n) is 3.37. The largest absolute Gasteiger partial charge is 0.490 e. The van der Waals surface area contributed by atoms with Gasteiger partial charge in [-0.1, -0.05) is 12.1 Å². The van der Waals surface area contributed by atoms with Gasteiger partial charge in [0, 0.05) is 12.5 Å². The molecule has 1 aromatic carbocycles. The van der Waals surface area contributed by atoms with E-state index in [1.807, 2.05) is 18.2 Å². The molecule has 0 aliphatic carbocycles. The molecule has 0 saturated carbocycles. The maximum Gasteiger partial charge on any atom is 0.303 e. The van der Waals surface area contributed by atoms with Crippen LogP contribution in [0.25, 0.3) is 0 Å². The number of hydrogen-bond donors (Lipinski definition) is 2. The molecule has 98 valence electrons. The van der Waals surface area contributed by atoms with Crippen molar-refractivity contribution in [1.82, 2.24) is 0 Å². The molecule has 3 N–H and O–H groups in total. The lowest BCUT2D eigenvalue weighted by molar-refractivity contribution is -0.137. The van der Waals surface area contributed by atoms with Crippen molar-refractivity contribution >= 4 is 5.97 Å². The number of fused-ring (bicyclic) bond motifs is 1. The number of rotatable bonds is 4. The van der Waals surface area contributed by atoms with Crippen LogP contribution >= 0.6 is 0 Å². The van der Waals surface area contributed by atoms with Crippen LogP contribution in [0, 0.1) is 0 Å². The van der Waals surface area contributed by atoms with Gasteiger partial charge in [-0.25, -0.2) is 0 Å². The highest BCUT2D eigenvalue weighted by molar-refractivity contribution is 5.66. The predicted molar refractivity (Wildman–Crippen MR) is 68.7 cm³/mol. The van der Waals surface area contributed by atoms with Crippen molar-refractivity contribution in [3.63, 3.8) is 0 Å². The highest BCUT2D eigenvalue weighted by Crippen LogP contribution is 2.33. The molecular weight excluding hydrogens is 230 g/mol. The van der Waals surface area contributed by atoms with Gasteiger partial charge in [-0.15, -0.1) is 0 Å². The van der Waals surface area contributed by atoms with Crippen molar-refractivity contribution < 1.29 is 14.6 Å². The topological polar surface area (TPSA) is 72.6 Å². The summed E-state index contributed by atoms with van der Waals surface area (Å²) in [5, 5.41) is 8.70. The van der Waals surface area contributed by atoms with Crippen LogP contribution in [-0.2, 0) is 11.2 Å². The Labute approximate surface area is 107 Å².